The number of benzene rings is 2. The zero-order chi connectivity index (χ0) is 18.3. The summed E-state index contributed by atoms with van der Waals surface area (Å²) < 4.78 is 11.2. The summed E-state index contributed by atoms with van der Waals surface area (Å²) in [7, 11) is 1.54. The molecule has 0 aliphatic carbocycles. The van der Waals surface area contributed by atoms with Crippen LogP contribution in [0.2, 0.25) is 0 Å². The summed E-state index contributed by atoms with van der Waals surface area (Å²) in [5.41, 5.74) is 0.221. The Kier molecular flexibility index (Phi) is 3.69. The van der Waals surface area contributed by atoms with Crippen LogP contribution in [0, 0.1) is 10.1 Å². The van der Waals surface area contributed by atoms with Gasteiger partial charge in [-0.3, -0.25) is 10.1 Å². The number of ether oxygens (including phenoxy) is 1. The zero-order valence-electron chi connectivity index (χ0n) is 13.8. The fourth-order valence-corrected chi connectivity index (χ4v) is 3.25. The molecule has 4 rings (SSSR count). The molecule has 130 valence electrons. The topological polar surface area (TPSA) is 94.6 Å². The van der Waals surface area contributed by atoms with Gasteiger partial charge in [-0.05, 0) is 17.7 Å². The molecule has 0 fully saturated rings. The lowest BCUT2D eigenvalue weighted by Crippen LogP contribution is -2.31. The number of hydrogen-bond donors (Lipinski definition) is 1. The third kappa shape index (κ3) is 2.33. The predicted molar refractivity (Wildman–Crippen MR) is 94.5 cm³/mol. The molecule has 2 aromatic carbocycles. The van der Waals surface area contributed by atoms with E-state index in [9.17, 15) is 14.9 Å². The number of allylic oxidation sites excluding steroid dienone is 1. The summed E-state index contributed by atoms with van der Waals surface area (Å²) in [4.78, 5) is 24.0. The number of hydrogen-bond acceptors (Lipinski definition) is 6. The SMILES string of the molecule is CNC1=C([N+](=O)[O-])[C@H](c2ccccc2)c2c(c3ccccc3oc2=O)O1. The summed E-state index contributed by atoms with van der Waals surface area (Å²) in [5, 5.41) is 15.1. The molecule has 0 saturated heterocycles. The van der Waals surface area contributed by atoms with Crippen LogP contribution in [0.15, 0.2) is 75.4 Å². The van der Waals surface area contributed by atoms with Crippen LogP contribution in [0.25, 0.3) is 11.0 Å². The van der Waals surface area contributed by atoms with Gasteiger partial charge in [0.1, 0.15) is 11.5 Å². The Morgan fingerprint density at radius 3 is 2.46 bits per heavy atom. The van der Waals surface area contributed by atoms with Crippen molar-refractivity contribution in [2.24, 2.45) is 0 Å². The van der Waals surface area contributed by atoms with E-state index in [1.54, 1.807) is 61.6 Å². The van der Waals surface area contributed by atoms with E-state index in [4.69, 9.17) is 9.15 Å². The third-order valence-corrected chi connectivity index (χ3v) is 4.35. The first-order chi connectivity index (χ1) is 12.6. The highest BCUT2D eigenvalue weighted by atomic mass is 16.6. The second-order valence-electron chi connectivity index (χ2n) is 5.80. The van der Waals surface area contributed by atoms with E-state index >= 15 is 0 Å². The summed E-state index contributed by atoms with van der Waals surface area (Å²) >= 11 is 0. The third-order valence-electron chi connectivity index (χ3n) is 4.35. The highest BCUT2D eigenvalue weighted by molar-refractivity contribution is 5.85. The van der Waals surface area contributed by atoms with Crippen LogP contribution >= 0.6 is 0 Å². The molecule has 1 aliphatic heterocycles. The molecule has 0 amide bonds. The summed E-state index contributed by atoms with van der Waals surface area (Å²) in [6.45, 7) is 0. The monoisotopic (exact) mass is 350 g/mol. The van der Waals surface area contributed by atoms with Crippen LogP contribution in [-0.2, 0) is 0 Å². The van der Waals surface area contributed by atoms with E-state index in [0.717, 1.165) is 0 Å². The molecule has 1 N–H and O–H groups in total. The van der Waals surface area contributed by atoms with Crippen molar-refractivity contribution in [1.29, 1.82) is 0 Å². The van der Waals surface area contributed by atoms with Gasteiger partial charge in [0.2, 0.25) is 0 Å². The van der Waals surface area contributed by atoms with Gasteiger partial charge in [-0.15, -0.1) is 0 Å². The van der Waals surface area contributed by atoms with Crippen molar-refractivity contribution in [3.63, 3.8) is 0 Å². The largest absolute Gasteiger partial charge is 0.434 e. The average Bonchev–Trinajstić information content (AvgIpc) is 2.67. The highest BCUT2D eigenvalue weighted by Crippen LogP contribution is 2.43. The highest BCUT2D eigenvalue weighted by Gasteiger charge is 2.42. The maximum Gasteiger partial charge on any atom is 0.344 e. The Morgan fingerprint density at radius 1 is 1.08 bits per heavy atom. The van der Waals surface area contributed by atoms with Crippen LogP contribution < -0.4 is 15.7 Å². The molecule has 0 radical (unpaired) electrons. The number of nitrogens with one attached hydrogen (secondary N) is 1. The Labute approximate surface area is 147 Å². The van der Waals surface area contributed by atoms with Gasteiger partial charge < -0.3 is 14.5 Å². The molecule has 1 atom stereocenters. The second-order valence-corrected chi connectivity index (χ2v) is 5.80. The normalized spacial score (nSPS) is 16.1. The van der Waals surface area contributed by atoms with Crippen molar-refractivity contribution < 1.29 is 14.1 Å². The maximum absolute atomic E-state index is 12.7. The van der Waals surface area contributed by atoms with E-state index in [1.807, 2.05) is 0 Å². The lowest BCUT2D eigenvalue weighted by atomic mass is 9.87. The minimum atomic E-state index is -0.904. The van der Waals surface area contributed by atoms with E-state index in [-0.39, 0.29) is 22.9 Å². The molecule has 7 nitrogen and oxygen atoms in total. The number of nitrogens with zero attached hydrogens (tertiary/aromatic N) is 1. The fourth-order valence-electron chi connectivity index (χ4n) is 3.25. The maximum atomic E-state index is 12.7. The lowest BCUT2D eigenvalue weighted by Gasteiger charge is -2.25. The molecule has 0 bridgehead atoms. The molecule has 0 saturated carbocycles. The number of rotatable bonds is 3. The Balaban J connectivity index is 2.11. The summed E-state index contributed by atoms with van der Waals surface area (Å²) in [6, 6.07) is 15.8. The van der Waals surface area contributed by atoms with Crippen LogP contribution in [0.3, 0.4) is 0 Å². The minimum absolute atomic E-state index is 0.00658. The smallest absolute Gasteiger partial charge is 0.344 e. The van der Waals surface area contributed by atoms with Crippen molar-refractivity contribution in [1.82, 2.24) is 5.32 Å². The minimum Gasteiger partial charge on any atom is -0.434 e. The molecule has 0 unspecified atom stereocenters. The van der Waals surface area contributed by atoms with Gasteiger partial charge in [0.05, 0.1) is 15.9 Å². The predicted octanol–water partition coefficient (Wildman–Crippen LogP) is 2.98. The average molecular weight is 350 g/mol. The number of para-hydroxylation sites is 1. The van der Waals surface area contributed by atoms with E-state index in [2.05, 4.69) is 5.32 Å². The second kappa shape index (κ2) is 6.03. The first-order valence-corrected chi connectivity index (χ1v) is 7.96. The van der Waals surface area contributed by atoms with Crippen LogP contribution in [-0.4, -0.2) is 12.0 Å². The van der Waals surface area contributed by atoms with Gasteiger partial charge in [0.25, 0.3) is 5.88 Å². The van der Waals surface area contributed by atoms with Crippen molar-refractivity contribution in [3.05, 3.63) is 97.8 Å². The van der Waals surface area contributed by atoms with Crippen molar-refractivity contribution in [2.45, 2.75) is 5.92 Å². The van der Waals surface area contributed by atoms with Crippen LogP contribution in [0.4, 0.5) is 0 Å². The Morgan fingerprint density at radius 2 is 1.77 bits per heavy atom. The van der Waals surface area contributed by atoms with Gasteiger partial charge >= 0.3 is 11.3 Å². The van der Waals surface area contributed by atoms with Gasteiger partial charge in [0.15, 0.2) is 5.75 Å². The van der Waals surface area contributed by atoms with E-state index < -0.39 is 16.5 Å². The van der Waals surface area contributed by atoms with Gasteiger partial charge in [0, 0.05) is 7.05 Å². The zero-order valence-corrected chi connectivity index (χ0v) is 13.8. The molecular weight excluding hydrogens is 336 g/mol. The van der Waals surface area contributed by atoms with Gasteiger partial charge in [-0.25, -0.2) is 4.79 Å². The van der Waals surface area contributed by atoms with E-state index in [0.29, 0.717) is 16.5 Å². The first kappa shape index (κ1) is 15.9. The van der Waals surface area contributed by atoms with Crippen LogP contribution in [0.5, 0.6) is 5.75 Å². The first-order valence-electron chi connectivity index (χ1n) is 7.96. The molecule has 3 aromatic rings. The standard InChI is InChI=1S/C19H14N2O5/c1-20-18-16(21(23)24)14(11-7-3-2-4-8-11)15-17(26-18)12-9-5-6-10-13(12)25-19(15)22/h2-10,14,20H,1H3/t14-/m1/s1. The van der Waals surface area contributed by atoms with Crippen molar-refractivity contribution >= 4 is 11.0 Å². The van der Waals surface area contributed by atoms with Crippen molar-refractivity contribution in [3.8, 4) is 5.75 Å². The Bertz CT molecular complexity index is 1100. The fraction of sp³-hybridized carbons (Fsp3) is 0.105. The van der Waals surface area contributed by atoms with Gasteiger partial charge in [-0.2, -0.15) is 0 Å². The number of fused-ring (bicyclic) bond motifs is 3. The molecule has 0 spiro atoms. The van der Waals surface area contributed by atoms with Gasteiger partial charge in [-0.1, -0.05) is 42.5 Å². The molecule has 1 aromatic heterocycles. The molecule has 1 aliphatic rings. The molecular formula is C19H14N2O5. The lowest BCUT2D eigenvalue weighted by molar-refractivity contribution is -0.432. The summed E-state index contributed by atoms with van der Waals surface area (Å²) in [6.07, 6.45) is 0. The quantitative estimate of drug-likeness (QED) is 0.443. The molecule has 26 heavy (non-hydrogen) atoms. The van der Waals surface area contributed by atoms with Crippen molar-refractivity contribution in [2.75, 3.05) is 7.05 Å². The summed E-state index contributed by atoms with van der Waals surface area (Å²) in [5.74, 6) is -0.619. The molecule has 2 heterocycles. The number of nitro groups is 1. The van der Waals surface area contributed by atoms with Crippen LogP contribution in [0.1, 0.15) is 17.0 Å². The van der Waals surface area contributed by atoms with E-state index in [1.165, 1.54) is 0 Å². The molecule has 7 heteroatoms. The Hall–Kier alpha value is -3.61.